The normalized spacial score (nSPS) is 28.1. The Bertz CT molecular complexity index is 1340. The topological polar surface area (TPSA) is 90.3 Å². The molecule has 2 bridgehead atoms. The van der Waals surface area contributed by atoms with E-state index in [2.05, 4.69) is 23.1 Å². The van der Waals surface area contributed by atoms with Gasteiger partial charge in [0.15, 0.2) is 5.60 Å². The van der Waals surface area contributed by atoms with E-state index in [1.807, 2.05) is 12.1 Å². The number of halogens is 1. The third-order valence-electron chi connectivity index (χ3n) is 9.10. The van der Waals surface area contributed by atoms with Gasteiger partial charge in [0.2, 0.25) is 5.91 Å². The standard InChI is InChI=1S/C32H37ClN2O5/c33-24-9-12-26-22(17-24)7-6-14-31(26)20-34-15-4-2-1-3-5-16-35(25-10-11-25)29(36)19-32(39,30(37)38)23-8-13-28(40-21-31)27(34)18-23/h3,5,8-9,12-13,17-18,25,39H,1-2,4,6-7,10-11,14-16,19-21H2,(H,37,38)/b5-3-/t31-,32-/m0/s1. The van der Waals surface area contributed by atoms with Crippen molar-refractivity contribution in [2.45, 2.75) is 74.8 Å². The number of aryl methyl sites for hydroxylation is 1. The highest BCUT2D eigenvalue weighted by molar-refractivity contribution is 6.30. The van der Waals surface area contributed by atoms with Crippen molar-refractivity contribution >= 4 is 29.2 Å². The first-order valence-corrected chi connectivity index (χ1v) is 14.9. The van der Waals surface area contributed by atoms with Crippen LogP contribution in [-0.4, -0.2) is 59.3 Å². The maximum atomic E-state index is 13.4. The molecule has 0 aromatic heterocycles. The molecule has 2 aliphatic carbocycles. The van der Waals surface area contributed by atoms with E-state index in [-0.39, 0.29) is 22.9 Å². The highest BCUT2D eigenvalue weighted by Crippen LogP contribution is 2.45. The Labute approximate surface area is 240 Å². The Morgan fingerprint density at radius 3 is 2.73 bits per heavy atom. The molecule has 2 atom stereocenters. The van der Waals surface area contributed by atoms with Crippen LogP contribution in [0.1, 0.15) is 68.1 Å². The highest BCUT2D eigenvalue weighted by atomic mass is 35.5. The summed E-state index contributed by atoms with van der Waals surface area (Å²) in [5.74, 6) is -1.09. The summed E-state index contributed by atoms with van der Waals surface area (Å²) in [6.07, 6.45) is 11.3. The van der Waals surface area contributed by atoms with Crippen LogP contribution >= 0.6 is 11.6 Å². The molecular weight excluding hydrogens is 528 g/mol. The van der Waals surface area contributed by atoms with Crippen LogP contribution in [0, 0.1) is 0 Å². The predicted octanol–water partition coefficient (Wildman–Crippen LogP) is 5.21. The average Bonchev–Trinajstić information content (AvgIpc) is 3.78. The van der Waals surface area contributed by atoms with Gasteiger partial charge in [-0.25, -0.2) is 4.79 Å². The number of nitrogens with zero attached hydrogens (tertiary/aromatic N) is 2. The van der Waals surface area contributed by atoms with Gasteiger partial charge in [0.05, 0.1) is 18.7 Å². The molecule has 8 heteroatoms. The van der Waals surface area contributed by atoms with E-state index in [0.29, 0.717) is 25.4 Å². The molecule has 2 aromatic rings. The van der Waals surface area contributed by atoms with Crippen molar-refractivity contribution < 1.29 is 24.5 Å². The van der Waals surface area contributed by atoms with Crippen molar-refractivity contribution in [3.8, 4) is 5.75 Å². The van der Waals surface area contributed by atoms with Crippen molar-refractivity contribution in [3.63, 3.8) is 0 Å². The number of hydrogen-bond donors (Lipinski definition) is 2. The van der Waals surface area contributed by atoms with Gasteiger partial charge in [-0.15, -0.1) is 0 Å². The largest absolute Gasteiger partial charge is 0.490 e. The first-order chi connectivity index (χ1) is 19.3. The van der Waals surface area contributed by atoms with E-state index < -0.39 is 18.0 Å². The van der Waals surface area contributed by atoms with E-state index in [9.17, 15) is 19.8 Å². The molecular formula is C32H37ClN2O5. The molecule has 1 spiro atoms. The zero-order valence-corrected chi connectivity index (χ0v) is 23.5. The molecule has 2 N–H and O–H groups in total. The van der Waals surface area contributed by atoms with E-state index in [1.165, 1.54) is 11.1 Å². The Morgan fingerprint density at radius 1 is 1.07 bits per heavy atom. The number of fused-ring (bicyclic) bond motifs is 3. The molecule has 1 saturated carbocycles. The van der Waals surface area contributed by atoms with Crippen LogP contribution in [0.4, 0.5) is 5.69 Å². The van der Waals surface area contributed by atoms with Gasteiger partial charge in [0.25, 0.3) is 0 Å². The fourth-order valence-electron chi connectivity index (χ4n) is 6.74. The molecule has 0 unspecified atom stereocenters. The minimum absolute atomic E-state index is 0.117. The van der Waals surface area contributed by atoms with Gasteiger partial charge in [0.1, 0.15) is 5.75 Å². The molecule has 0 saturated heterocycles. The van der Waals surface area contributed by atoms with E-state index in [0.717, 1.165) is 68.6 Å². The first kappa shape index (κ1) is 27.2. The van der Waals surface area contributed by atoms with Crippen molar-refractivity contribution in [1.82, 2.24) is 4.90 Å². The Balaban J connectivity index is 1.41. The van der Waals surface area contributed by atoms with Crippen molar-refractivity contribution in [2.75, 3.05) is 31.1 Å². The number of allylic oxidation sites excluding steroid dienone is 1. The Hall–Kier alpha value is -3.03. The number of hydrogen-bond acceptors (Lipinski definition) is 5. The smallest absolute Gasteiger partial charge is 0.340 e. The van der Waals surface area contributed by atoms with Gasteiger partial charge in [-0.1, -0.05) is 35.9 Å². The Morgan fingerprint density at radius 2 is 1.93 bits per heavy atom. The second-order valence-corrected chi connectivity index (χ2v) is 12.4. The average molecular weight is 565 g/mol. The number of carbonyl (C=O) groups excluding carboxylic acids is 1. The molecule has 1 fully saturated rings. The molecule has 2 heterocycles. The zero-order chi connectivity index (χ0) is 27.9. The Kier molecular flexibility index (Phi) is 7.30. The van der Waals surface area contributed by atoms with E-state index in [1.54, 1.807) is 23.1 Å². The summed E-state index contributed by atoms with van der Waals surface area (Å²) in [6.45, 7) is 2.44. The lowest BCUT2D eigenvalue weighted by Gasteiger charge is -2.41. The third kappa shape index (κ3) is 5.10. The van der Waals surface area contributed by atoms with Crippen LogP contribution in [0.3, 0.4) is 0 Å². The molecule has 40 heavy (non-hydrogen) atoms. The van der Waals surface area contributed by atoms with Crippen molar-refractivity contribution in [2.24, 2.45) is 0 Å². The molecule has 2 aromatic carbocycles. The molecule has 7 nitrogen and oxygen atoms in total. The zero-order valence-electron chi connectivity index (χ0n) is 22.8. The summed E-state index contributed by atoms with van der Waals surface area (Å²) in [7, 11) is 0. The van der Waals surface area contributed by atoms with Gasteiger partial charge in [-0.3, -0.25) is 4.79 Å². The molecule has 0 radical (unpaired) electrons. The number of benzene rings is 2. The van der Waals surface area contributed by atoms with Gasteiger partial charge in [-0.2, -0.15) is 0 Å². The number of aliphatic carboxylic acids is 1. The fourth-order valence-corrected chi connectivity index (χ4v) is 6.94. The number of ether oxygens (including phenoxy) is 1. The maximum absolute atomic E-state index is 13.4. The van der Waals surface area contributed by atoms with Crippen LogP contribution in [-0.2, 0) is 27.0 Å². The molecule has 2 aliphatic heterocycles. The summed E-state index contributed by atoms with van der Waals surface area (Å²) in [4.78, 5) is 29.9. The molecule has 1 amide bonds. The number of carboxylic acid groups (broad SMARTS) is 1. The van der Waals surface area contributed by atoms with Gasteiger partial charge in [-0.05, 0) is 92.3 Å². The quantitative estimate of drug-likeness (QED) is 0.487. The fraction of sp³-hybridized carbons (Fsp3) is 0.500. The first-order valence-electron chi connectivity index (χ1n) is 14.5. The number of rotatable bonds is 2. The van der Waals surface area contributed by atoms with Crippen LogP contribution in [0.25, 0.3) is 0 Å². The van der Waals surface area contributed by atoms with Crippen molar-refractivity contribution in [3.05, 3.63) is 70.3 Å². The minimum Gasteiger partial charge on any atom is -0.490 e. The monoisotopic (exact) mass is 564 g/mol. The second kappa shape index (κ2) is 10.7. The van der Waals surface area contributed by atoms with Crippen molar-refractivity contribution in [1.29, 1.82) is 0 Å². The highest BCUT2D eigenvalue weighted by Gasteiger charge is 2.45. The summed E-state index contributed by atoms with van der Waals surface area (Å²) in [6, 6.07) is 11.4. The third-order valence-corrected chi connectivity index (χ3v) is 9.34. The minimum atomic E-state index is -2.34. The number of carbonyl (C=O) groups is 2. The van der Waals surface area contributed by atoms with Crippen LogP contribution in [0.5, 0.6) is 5.75 Å². The van der Waals surface area contributed by atoms with Crippen LogP contribution < -0.4 is 9.64 Å². The lowest BCUT2D eigenvalue weighted by molar-refractivity contribution is -0.165. The molecule has 4 aliphatic rings. The lowest BCUT2D eigenvalue weighted by Crippen LogP contribution is -2.46. The number of carboxylic acids is 1. The summed E-state index contributed by atoms with van der Waals surface area (Å²) >= 11 is 6.36. The second-order valence-electron chi connectivity index (χ2n) is 11.9. The molecule has 212 valence electrons. The van der Waals surface area contributed by atoms with Gasteiger partial charge >= 0.3 is 5.97 Å². The lowest BCUT2D eigenvalue weighted by atomic mass is 9.70. The summed E-state index contributed by atoms with van der Waals surface area (Å²) in [5.41, 5.74) is 0.928. The predicted molar refractivity (Wildman–Crippen MR) is 154 cm³/mol. The van der Waals surface area contributed by atoms with Gasteiger partial charge in [0, 0.05) is 36.1 Å². The van der Waals surface area contributed by atoms with E-state index in [4.69, 9.17) is 16.3 Å². The summed E-state index contributed by atoms with van der Waals surface area (Å²) < 4.78 is 6.49. The number of amides is 1. The van der Waals surface area contributed by atoms with E-state index >= 15 is 0 Å². The molecule has 6 rings (SSSR count). The number of anilines is 1. The maximum Gasteiger partial charge on any atom is 0.340 e. The summed E-state index contributed by atoms with van der Waals surface area (Å²) in [5, 5.41) is 22.5. The van der Waals surface area contributed by atoms with Crippen LogP contribution in [0.15, 0.2) is 48.6 Å². The SMILES string of the molecule is O=C1C[C@@](O)(C(=O)O)c2ccc3c(c2)N(CCCC/C=C\CN1C1CC1)C[C@@]1(CCCc2cc(Cl)ccc21)CO3. The van der Waals surface area contributed by atoms with Crippen LogP contribution in [0.2, 0.25) is 5.02 Å². The number of aliphatic hydroxyl groups is 1. The van der Waals surface area contributed by atoms with Gasteiger partial charge < -0.3 is 24.7 Å².